The number of hydrogen-bond donors (Lipinski definition) is 0. The highest BCUT2D eigenvalue weighted by atomic mass is 19.2. The minimum atomic E-state index is -0.925. The van der Waals surface area contributed by atoms with Crippen LogP contribution in [-0.2, 0) is 6.42 Å². The van der Waals surface area contributed by atoms with Gasteiger partial charge in [-0.3, -0.25) is 0 Å². The lowest BCUT2D eigenvalue weighted by atomic mass is 9.64. The van der Waals surface area contributed by atoms with Crippen LogP contribution in [0.15, 0.2) is 55.1 Å². The third-order valence-corrected chi connectivity index (χ3v) is 7.74. The molecule has 0 radical (unpaired) electrons. The molecule has 0 heterocycles. The number of halogens is 3. The topological polar surface area (TPSA) is 0 Å². The molecule has 2 aromatic carbocycles. The smallest absolute Gasteiger partial charge is 0.174 e. The maximum Gasteiger partial charge on any atom is 0.174 e. The van der Waals surface area contributed by atoms with Crippen molar-refractivity contribution in [2.45, 2.75) is 64.2 Å². The minimum absolute atomic E-state index is 0.0296. The van der Waals surface area contributed by atoms with Gasteiger partial charge in [0, 0.05) is 0 Å². The largest absolute Gasteiger partial charge is 0.206 e. The van der Waals surface area contributed by atoms with Gasteiger partial charge in [0.15, 0.2) is 11.6 Å². The molecule has 0 N–H and O–H groups in total. The van der Waals surface area contributed by atoms with E-state index in [4.69, 9.17) is 0 Å². The van der Waals surface area contributed by atoms with Crippen LogP contribution in [0.3, 0.4) is 0 Å². The van der Waals surface area contributed by atoms with Crippen molar-refractivity contribution in [2.75, 3.05) is 0 Å². The van der Waals surface area contributed by atoms with E-state index in [-0.39, 0.29) is 17.0 Å². The van der Waals surface area contributed by atoms with E-state index in [0.717, 1.165) is 50.5 Å². The maximum absolute atomic E-state index is 15.1. The predicted octanol–water partition coefficient (Wildman–Crippen LogP) is 8.50. The van der Waals surface area contributed by atoms with E-state index in [9.17, 15) is 8.78 Å². The van der Waals surface area contributed by atoms with Crippen molar-refractivity contribution < 1.29 is 13.2 Å². The fourth-order valence-corrected chi connectivity index (χ4v) is 5.77. The highest BCUT2D eigenvalue weighted by Crippen LogP contribution is 2.48. The molecule has 4 unspecified atom stereocenters. The summed E-state index contributed by atoms with van der Waals surface area (Å²) in [7, 11) is 0. The van der Waals surface area contributed by atoms with Crippen LogP contribution in [0.25, 0.3) is 0 Å². The molecule has 4 rings (SSSR count). The van der Waals surface area contributed by atoms with Crippen molar-refractivity contribution in [2.24, 2.45) is 17.8 Å². The van der Waals surface area contributed by atoms with Crippen LogP contribution >= 0.6 is 0 Å². The molecular formula is C31H33F3. The molecule has 4 atom stereocenters. The summed E-state index contributed by atoms with van der Waals surface area (Å²) in [5.74, 6) is 5.08. The Labute approximate surface area is 202 Å². The number of rotatable bonds is 5. The molecule has 0 nitrogen and oxygen atoms in total. The number of hydrogen-bond acceptors (Lipinski definition) is 0. The molecule has 0 spiro atoms. The Kier molecular flexibility index (Phi) is 7.99. The lowest BCUT2D eigenvalue weighted by molar-refractivity contribution is 0.132. The molecule has 2 saturated carbocycles. The van der Waals surface area contributed by atoms with Gasteiger partial charge >= 0.3 is 0 Å². The van der Waals surface area contributed by atoms with Gasteiger partial charge in [-0.25, -0.2) is 13.2 Å². The van der Waals surface area contributed by atoms with Crippen LogP contribution in [0.4, 0.5) is 13.2 Å². The van der Waals surface area contributed by atoms with Gasteiger partial charge in [0.25, 0.3) is 0 Å². The van der Waals surface area contributed by atoms with Crippen LogP contribution in [0.2, 0.25) is 0 Å². The molecular weight excluding hydrogens is 429 g/mol. The lowest BCUT2D eigenvalue weighted by Crippen LogP contribution is -2.30. The van der Waals surface area contributed by atoms with Gasteiger partial charge in [0.2, 0.25) is 0 Å². The van der Waals surface area contributed by atoms with E-state index >= 15 is 4.39 Å². The third kappa shape index (κ3) is 5.49. The van der Waals surface area contributed by atoms with Gasteiger partial charge in [-0.2, -0.15) is 0 Å². The zero-order chi connectivity index (χ0) is 24.1. The molecule has 2 aromatic rings. The average molecular weight is 463 g/mol. The van der Waals surface area contributed by atoms with Crippen LogP contribution in [0.1, 0.15) is 80.0 Å². The van der Waals surface area contributed by atoms with Gasteiger partial charge in [0.05, 0.1) is 11.1 Å². The monoisotopic (exact) mass is 462 g/mol. The van der Waals surface area contributed by atoms with Gasteiger partial charge in [0.1, 0.15) is 5.82 Å². The van der Waals surface area contributed by atoms with Gasteiger partial charge < -0.3 is 0 Å². The zero-order valence-electron chi connectivity index (χ0n) is 19.9. The van der Waals surface area contributed by atoms with Crippen molar-refractivity contribution >= 4 is 0 Å². The van der Waals surface area contributed by atoms with E-state index in [1.165, 1.54) is 12.5 Å². The third-order valence-electron chi connectivity index (χ3n) is 7.74. The maximum atomic E-state index is 15.1. The molecule has 2 aliphatic rings. The number of benzene rings is 2. The van der Waals surface area contributed by atoms with Crippen LogP contribution in [0, 0.1) is 47.0 Å². The zero-order valence-corrected chi connectivity index (χ0v) is 19.9. The van der Waals surface area contributed by atoms with E-state index in [2.05, 4.69) is 24.5 Å². The van der Waals surface area contributed by atoms with Crippen molar-refractivity contribution in [1.29, 1.82) is 0 Å². The van der Waals surface area contributed by atoms with Crippen LogP contribution in [-0.4, -0.2) is 0 Å². The highest BCUT2D eigenvalue weighted by molar-refractivity contribution is 5.46. The number of allylic oxidation sites excluding steroid dienone is 3. The Morgan fingerprint density at radius 2 is 1.65 bits per heavy atom. The van der Waals surface area contributed by atoms with Crippen LogP contribution < -0.4 is 0 Å². The first-order valence-electron chi connectivity index (χ1n) is 12.5. The second-order valence-corrected chi connectivity index (χ2v) is 9.84. The molecule has 0 bridgehead atoms. The molecule has 0 aliphatic heterocycles. The van der Waals surface area contributed by atoms with E-state index in [1.807, 2.05) is 25.1 Å². The van der Waals surface area contributed by atoms with Gasteiger partial charge in [-0.1, -0.05) is 42.2 Å². The molecule has 3 heteroatoms. The van der Waals surface area contributed by atoms with E-state index in [0.29, 0.717) is 23.3 Å². The molecule has 0 saturated heterocycles. The summed E-state index contributed by atoms with van der Waals surface area (Å²) in [5, 5.41) is 0. The predicted molar refractivity (Wildman–Crippen MR) is 133 cm³/mol. The molecule has 2 aliphatic carbocycles. The Bertz CT molecular complexity index is 1120. The SMILES string of the molecule is C=CC1CCC2CC(c3ccc(C#Cc4ccc(CC/C=C/C)cc4F)c(F)c3F)CCC2C1. The van der Waals surface area contributed by atoms with Gasteiger partial charge in [-0.15, -0.1) is 6.58 Å². The summed E-state index contributed by atoms with van der Waals surface area (Å²) in [6, 6.07) is 8.13. The molecule has 2 fully saturated rings. The normalized spacial score (nSPS) is 24.4. The number of aryl methyl sites for hydroxylation is 1. The van der Waals surface area contributed by atoms with Crippen molar-refractivity contribution in [3.8, 4) is 11.8 Å². The Balaban J connectivity index is 1.47. The highest BCUT2D eigenvalue weighted by Gasteiger charge is 2.36. The summed E-state index contributed by atoms with van der Waals surface area (Å²) in [5.41, 5.74) is 1.50. The summed E-state index contributed by atoms with van der Waals surface area (Å²) in [6.07, 6.45) is 14.0. The lowest BCUT2D eigenvalue weighted by Gasteiger charge is -2.41. The Morgan fingerprint density at radius 1 is 0.912 bits per heavy atom. The second-order valence-electron chi connectivity index (χ2n) is 9.84. The Morgan fingerprint density at radius 3 is 2.41 bits per heavy atom. The summed E-state index contributed by atoms with van der Waals surface area (Å²) < 4.78 is 44.4. The molecule has 178 valence electrons. The summed E-state index contributed by atoms with van der Waals surface area (Å²) in [4.78, 5) is 0. The number of fused-ring (bicyclic) bond motifs is 1. The molecule has 0 amide bonds. The summed E-state index contributed by atoms with van der Waals surface area (Å²) in [6.45, 7) is 5.90. The standard InChI is InChI=1S/C31H33F3/c1-3-5-6-7-22-9-10-23(29(32)19-22)12-13-24-16-17-28(31(34)30(24)33)27-15-14-25-18-21(4-2)8-11-26(25)20-27/h3-5,9-10,16-17,19,21,25-27H,2,6-8,11,14-15,18,20H2,1H3/b5-3+. The van der Waals surface area contributed by atoms with Crippen LogP contribution in [0.5, 0.6) is 0 Å². The van der Waals surface area contributed by atoms with Crippen molar-refractivity contribution in [3.05, 3.63) is 94.8 Å². The quantitative estimate of drug-likeness (QED) is 0.309. The fourth-order valence-electron chi connectivity index (χ4n) is 5.77. The van der Waals surface area contributed by atoms with E-state index in [1.54, 1.807) is 18.2 Å². The first kappa shape index (κ1) is 24.4. The van der Waals surface area contributed by atoms with E-state index < -0.39 is 17.5 Å². The second kappa shape index (κ2) is 11.1. The van der Waals surface area contributed by atoms with Crippen molar-refractivity contribution in [1.82, 2.24) is 0 Å². The fraction of sp³-hybridized carbons (Fsp3) is 0.419. The summed E-state index contributed by atoms with van der Waals surface area (Å²) >= 11 is 0. The van der Waals surface area contributed by atoms with Crippen molar-refractivity contribution in [3.63, 3.8) is 0 Å². The Hall–Kier alpha value is -2.73. The minimum Gasteiger partial charge on any atom is -0.206 e. The first-order valence-corrected chi connectivity index (χ1v) is 12.5. The molecule has 0 aromatic heterocycles. The average Bonchev–Trinajstić information content (AvgIpc) is 2.85. The molecule has 34 heavy (non-hydrogen) atoms. The first-order chi connectivity index (χ1) is 16.5. The van der Waals surface area contributed by atoms with Gasteiger partial charge in [-0.05, 0) is 111 Å².